The van der Waals surface area contributed by atoms with Crippen molar-refractivity contribution in [2.24, 2.45) is 28.2 Å². The van der Waals surface area contributed by atoms with Crippen molar-refractivity contribution in [2.45, 2.75) is 76.3 Å². The van der Waals surface area contributed by atoms with Crippen LogP contribution in [0.25, 0.3) is 0 Å². The zero-order valence-corrected chi connectivity index (χ0v) is 20.5. The Morgan fingerprint density at radius 1 is 1.17 bits per heavy atom. The van der Waals surface area contributed by atoms with Crippen LogP contribution in [0.15, 0.2) is 53.7 Å². The van der Waals surface area contributed by atoms with Crippen molar-refractivity contribution < 1.29 is 9.59 Å². The molecule has 0 saturated heterocycles. The fourth-order valence-corrected chi connectivity index (χ4v) is 7.55. The van der Waals surface area contributed by atoms with Crippen LogP contribution in [0.2, 0.25) is 0 Å². The zero-order valence-electron chi connectivity index (χ0n) is 20.5. The number of aryl methyl sites for hydroxylation is 1. The van der Waals surface area contributed by atoms with E-state index in [1.54, 1.807) is 6.07 Å². The van der Waals surface area contributed by atoms with Crippen LogP contribution in [0.3, 0.4) is 0 Å². The number of ketones is 1. The highest BCUT2D eigenvalue weighted by atomic mass is 16.3. The molecule has 6 heteroatoms. The zero-order chi connectivity index (χ0) is 24.6. The third kappa shape index (κ3) is 4.22. The van der Waals surface area contributed by atoms with Gasteiger partial charge in [0.25, 0.3) is 0 Å². The molecule has 0 radical (unpaired) electrons. The van der Waals surface area contributed by atoms with Crippen LogP contribution in [-0.2, 0) is 22.6 Å². The number of hydrogen-bond acceptors (Lipinski definition) is 5. The van der Waals surface area contributed by atoms with E-state index < -0.39 is 5.54 Å². The van der Waals surface area contributed by atoms with Crippen LogP contribution in [-0.4, -0.2) is 17.2 Å². The molecule has 2 fully saturated rings. The first-order valence-corrected chi connectivity index (χ1v) is 12.9. The Bertz CT molecular complexity index is 1130. The largest absolute Gasteiger partial charge is 0.352 e. The smallest absolute Gasteiger partial charge is 0.220 e. The van der Waals surface area contributed by atoms with E-state index in [0.717, 1.165) is 44.1 Å². The van der Waals surface area contributed by atoms with E-state index in [1.165, 1.54) is 11.1 Å². The molecule has 6 nitrogen and oxygen atoms in total. The fourth-order valence-electron chi connectivity index (χ4n) is 7.55. The second kappa shape index (κ2) is 9.30. The number of nitroso groups, excluding NO2 is 1. The number of carbonyl (C=O) groups is 2. The van der Waals surface area contributed by atoms with Gasteiger partial charge in [-0.1, -0.05) is 43.3 Å². The average Bonchev–Trinajstić information content (AvgIpc) is 3.13. The van der Waals surface area contributed by atoms with Crippen LogP contribution in [0.1, 0.15) is 74.5 Å². The summed E-state index contributed by atoms with van der Waals surface area (Å²) in [7, 11) is 0. The molecule has 5 atom stereocenters. The highest BCUT2D eigenvalue weighted by Gasteiger charge is 2.63. The first kappa shape index (κ1) is 23.9. The summed E-state index contributed by atoms with van der Waals surface area (Å²) >= 11 is 0. The second-order valence-electron chi connectivity index (χ2n) is 11.1. The molecule has 0 aliphatic heterocycles. The number of benzene rings is 2. The monoisotopic (exact) mass is 473 g/mol. The van der Waals surface area contributed by atoms with Gasteiger partial charge in [0, 0.05) is 36.3 Å². The minimum Gasteiger partial charge on any atom is -0.352 e. The quantitative estimate of drug-likeness (QED) is 0.533. The molecule has 2 aromatic rings. The summed E-state index contributed by atoms with van der Waals surface area (Å²) in [6.45, 7) is 2.67. The number of hydrogen-bond donors (Lipinski definition) is 2. The van der Waals surface area contributed by atoms with Crippen molar-refractivity contribution in [3.63, 3.8) is 0 Å². The van der Waals surface area contributed by atoms with E-state index in [-0.39, 0.29) is 29.1 Å². The summed E-state index contributed by atoms with van der Waals surface area (Å²) in [5, 5.41) is 6.12. The molecule has 2 aromatic carbocycles. The predicted molar refractivity (Wildman–Crippen MR) is 136 cm³/mol. The minimum atomic E-state index is -0.442. The van der Waals surface area contributed by atoms with E-state index in [2.05, 4.69) is 17.4 Å². The maximum Gasteiger partial charge on any atom is 0.220 e. The fraction of sp³-hybridized carbons (Fsp3) is 0.517. The lowest BCUT2D eigenvalue weighted by atomic mass is 9.50. The summed E-state index contributed by atoms with van der Waals surface area (Å²) in [6.07, 6.45) is 6.00. The normalized spacial score (nSPS) is 31.3. The Morgan fingerprint density at radius 2 is 1.97 bits per heavy atom. The molecule has 0 bridgehead atoms. The van der Waals surface area contributed by atoms with Gasteiger partial charge in [-0.3, -0.25) is 9.59 Å². The van der Waals surface area contributed by atoms with Gasteiger partial charge < -0.3 is 11.1 Å². The van der Waals surface area contributed by atoms with E-state index in [1.807, 2.05) is 42.5 Å². The molecule has 3 N–H and O–H groups in total. The van der Waals surface area contributed by atoms with Crippen molar-refractivity contribution in [2.75, 3.05) is 0 Å². The van der Waals surface area contributed by atoms with Gasteiger partial charge in [-0.15, -0.1) is 4.91 Å². The number of Topliss-reactive ketones (excluding diaryl/α,β-unsaturated/α-hetero) is 1. The summed E-state index contributed by atoms with van der Waals surface area (Å²) in [4.78, 5) is 36.7. The van der Waals surface area contributed by atoms with E-state index >= 15 is 0 Å². The van der Waals surface area contributed by atoms with E-state index in [9.17, 15) is 14.5 Å². The molecule has 0 aromatic heterocycles. The van der Waals surface area contributed by atoms with Crippen LogP contribution in [0, 0.1) is 22.2 Å². The van der Waals surface area contributed by atoms with Crippen LogP contribution in [0.5, 0.6) is 0 Å². The summed E-state index contributed by atoms with van der Waals surface area (Å²) in [5.74, 6) is 0.907. The predicted octanol–water partition coefficient (Wildman–Crippen LogP) is 5.30. The molecule has 3 aliphatic rings. The first-order chi connectivity index (χ1) is 16.8. The molecule has 0 spiro atoms. The lowest BCUT2D eigenvalue weighted by Gasteiger charge is -2.56. The number of fused-ring (bicyclic) bond motifs is 5. The summed E-state index contributed by atoms with van der Waals surface area (Å²) < 4.78 is 0. The molecule has 5 unspecified atom stereocenters. The van der Waals surface area contributed by atoms with Crippen molar-refractivity contribution in [3.8, 4) is 0 Å². The summed E-state index contributed by atoms with van der Waals surface area (Å²) in [6, 6.07) is 15.6. The molecule has 2 saturated carbocycles. The Kier molecular flexibility index (Phi) is 6.34. The third-order valence-electron chi connectivity index (χ3n) is 9.17. The number of amides is 1. The van der Waals surface area contributed by atoms with Gasteiger partial charge in [0.05, 0.1) is 0 Å². The first-order valence-electron chi connectivity index (χ1n) is 12.9. The van der Waals surface area contributed by atoms with Gasteiger partial charge in [0.2, 0.25) is 5.91 Å². The van der Waals surface area contributed by atoms with Crippen LogP contribution >= 0.6 is 0 Å². The van der Waals surface area contributed by atoms with Crippen LogP contribution in [0.4, 0.5) is 5.69 Å². The lowest BCUT2D eigenvalue weighted by molar-refractivity contribution is -0.130. The van der Waals surface area contributed by atoms with Gasteiger partial charge in [0.15, 0.2) is 0 Å². The maximum atomic E-state index is 13.3. The van der Waals surface area contributed by atoms with E-state index in [0.29, 0.717) is 30.9 Å². The molecular weight excluding hydrogens is 438 g/mol. The highest BCUT2D eigenvalue weighted by molar-refractivity contribution is 5.88. The van der Waals surface area contributed by atoms with Gasteiger partial charge in [-0.25, -0.2) is 0 Å². The number of nitrogens with one attached hydrogen (secondary N) is 1. The van der Waals surface area contributed by atoms with Crippen molar-refractivity contribution >= 4 is 17.4 Å². The van der Waals surface area contributed by atoms with Crippen molar-refractivity contribution in [1.82, 2.24) is 5.32 Å². The van der Waals surface area contributed by atoms with Crippen LogP contribution < -0.4 is 11.1 Å². The number of rotatable bonds is 7. The van der Waals surface area contributed by atoms with Gasteiger partial charge in [0.1, 0.15) is 11.5 Å². The maximum absolute atomic E-state index is 13.3. The lowest BCUT2D eigenvalue weighted by Crippen LogP contribution is -2.62. The Hall–Kier alpha value is -2.86. The summed E-state index contributed by atoms with van der Waals surface area (Å²) in [5.41, 5.74) is 10.4. The van der Waals surface area contributed by atoms with Gasteiger partial charge >= 0.3 is 0 Å². The second-order valence-corrected chi connectivity index (χ2v) is 11.1. The van der Waals surface area contributed by atoms with E-state index in [4.69, 9.17) is 5.73 Å². The molecule has 5 rings (SSSR count). The molecule has 1 amide bonds. The molecule has 184 valence electrons. The Balaban J connectivity index is 1.28. The molecular formula is C29H35N3O3. The highest BCUT2D eigenvalue weighted by Crippen LogP contribution is 2.63. The Morgan fingerprint density at radius 3 is 2.74 bits per heavy atom. The van der Waals surface area contributed by atoms with Crippen molar-refractivity contribution in [3.05, 3.63) is 70.1 Å². The molecule has 35 heavy (non-hydrogen) atoms. The topological polar surface area (TPSA) is 102 Å². The van der Waals surface area contributed by atoms with Gasteiger partial charge in [-0.2, -0.15) is 0 Å². The average molecular weight is 474 g/mol. The van der Waals surface area contributed by atoms with Gasteiger partial charge in [-0.05, 0) is 84.4 Å². The third-order valence-corrected chi connectivity index (χ3v) is 9.17. The Labute approximate surface area is 207 Å². The number of carbonyl (C=O) groups excluding carboxylic acids is 2. The standard InChI is InChI=1S/C29H35N3O3/c1-28-14-13-24-23-11-10-22(32-35)16-20(23)12-15-29(24,30)27(28)21(17-25(28)33)8-5-9-26(34)31-18-19-6-3-2-4-7-19/h2-4,6-7,10-11,16,21,24,27H,5,8-9,12-15,17-18,30H2,1H3,(H,31,34). The minimum absolute atomic E-state index is 0.0519. The van der Waals surface area contributed by atoms with Crippen molar-refractivity contribution in [1.29, 1.82) is 0 Å². The SMILES string of the molecule is CC12CCC3c4ccc(N=O)cc4CCC3(N)C1C(CCCC(=O)NCc1ccccc1)CC2=O. The number of nitrogens with zero attached hydrogens (tertiary/aromatic N) is 1. The molecule has 0 heterocycles. The molecule has 3 aliphatic carbocycles. The number of nitrogens with two attached hydrogens (primary N) is 1.